The molecule has 0 fully saturated rings. The molecule has 0 aliphatic rings. The zero-order chi connectivity index (χ0) is 8.39. The number of aromatic amines is 1. The van der Waals surface area contributed by atoms with Gasteiger partial charge in [0.25, 0.3) is 5.56 Å². The number of imidazole rings is 1. The first-order chi connectivity index (χ1) is 5.88. The number of nitrogens with one attached hydrogen (secondary N) is 1. The number of hydrogen-bond donors (Lipinski definition) is 1. The fraction of sp³-hybridized carbons (Fsp3) is 0. The Balaban J connectivity index is 2.63. The van der Waals surface area contributed by atoms with Crippen LogP contribution < -0.4 is 5.56 Å². The van der Waals surface area contributed by atoms with Crippen LogP contribution in [0.15, 0.2) is 35.9 Å². The van der Waals surface area contributed by atoms with Gasteiger partial charge in [0.15, 0.2) is 0 Å². The van der Waals surface area contributed by atoms with Crippen molar-refractivity contribution in [3.05, 3.63) is 41.5 Å². The van der Waals surface area contributed by atoms with E-state index in [9.17, 15) is 4.79 Å². The molecule has 0 spiro atoms. The van der Waals surface area contributed by atoms with Crippen LogP contribution in [0.1, 0.15) is 0 Å². The first-order valence-electron chi connectivity index (χ1n) is 3.40. The normalized spacial score (nSPS) is 10.0. The van der Waals surface area contributed by atoms with Crippen molar-refractivity contribution in [1.82, 2.24) is 19.5 Å². The fourth-order valence-electron chi connectivity index (χ4n) is 0.912. The Morgan fingerprint density at radius 3 is 3.00 bits per heavy atom. The van der Waals surface area contributed by atoms with E-state index in [0.717, 1.165) is 0 Å². The summed E-state index contributed by atoms with van der Waals surface area (Å²) in [6.45, 7) is 0. The summed E-state index contributed by atoms with van der Waals surface area (Å²) in [5.74, 6) is 0.329. The first kappa shape index (κ1) is 6.78. The predicted octanol–water partition coefficient (Wildman–Crippen LogP) is -0.0444. The number of rotatable bonds is 1. The molecule has 2 aromatic rings. The second kappa shape index (κ2) is 2.61. The quantitative estimate of drug-likeness (QED) is 0.639. The van der Waals surface area contributed by atoms with Crippen LogP contribution in [0.4, 0.5) is 0 Å². The standard InChI is InChI=1S/C7H6N4O/c12-7-6(9-1-2-10-7)11-4-3-8-5-11/h1-5H,(H,10,12). The SMILES string of the molecule is O=c1[nH]ccnc1-n1ccnc1. The summed E-state index contributed by atoms with van der Waals surface area (Å²) in [5.41, 5.74) is -0.226. The lowest BCUT2D eigenvalue weighted by atomic mass is 10.6. The lowest BCUT2D eigenvalue weighted by Crippen LogP contribution is -2.14. The molecule has 0 unspecified atom stereocenters. The van der Waals surface area contributed by atoms with E-state index in [0.29, 0.717) is 5.82 Å². The molecule has 1 N–H and O–H groups in total. The summed E-state index contributed by atoms with van der Waals surface area (Å²) in [7, 11) is 0. The molecule has 0 aliphatic carbocycles. The molecule has 0 radical (unpaired) electrons. The number of H-pyrrole nitrogens is 1. The van der Waals surface area contributed by atoms with Crippen LogP contribution in [-0.4, -0.2) is 19.5 Å². The van der Waals surface area contributed by atoms with Crippen molar-refractivity contribution in [2.75, 3.05) is 0 Å². The minimum atomic E-state index is -0.226. The highest BCUT2D eigenvalue weighted by atomic mass is 16.1. The van der Waals surface area contributed by atoms with E-state index >= 15 is 0 Å². The first-order valence-corrected chi connectivity index (χ1v) is 3.40. The summed E-state index contributed by atoms with van der Waals surface area (Å²) >= 11 is 0. The van der Waals surface area contributed by atoms with Gasteiger partial charge in [-0.1, -0.05) is 0 Å². The second-order valence-electron chi connectivity index (χ2n) is 2.21. The zero-order valence-electron chi connectivity index (χ0n) is 6.14. The summed E-state index contributed by atoms with van der Waals surface area (Å²) in [4.78, 5) is 21.4. The van der Waals surface area contributed by atoms with E-state index in [1.54, 1.807) is 17.0 Å². The van der Waals surface area contributed by atoms with Crippen LogP contribution in [0.5, 0.6) is 0 Å². The average Bonchev–Trinajstić information content (AvgIpc) is 2.57. The van der Waals surface area contributed by atoms with Crippen LogP contribution in [0.3, 0.4) is 0 Å². The molecule has 0 atom stereocenters. The van der Waals surface area contributed by atoms with E-state index in [-0.39, 0.29) is 5.56 Å². The highest BCUT2D eigenvalue weighted by molar-refractivity contribution is 5.16. The fourth-order valence-corrected chi connectivity index (χ4v) is 0.912. The van der Waals surface area contributed by atoms with Gasteiger partial charge in [-0.15, -0.1) is 0 Å². The second-order valence-corrected chi connectivity index (χ2v) is 2.21. The molecule has 0 aliphatic heterocycles. The van der Waals surface area contributed by atoms with Gasteiger partial charge in [0.2, 0.25) is 5.82 Å². The van der Waals surface area contributed by atoms with Gasteiger partial charge in [-0.2, -0.15) is 0 Å². The number of nitrogens with zero attached hydrogens (tertiary/aromatic N) is 3. The molecule has 2 aromatic heterocycles. The molecule has 0 saturated carbocycles. The lowest BCUT2D eigenvalue weighted by Gasteiger charge is -1.96. The van der Waals surface area contributed by atoms with Gasteiger partial charge in [0.05, 0.1) is 0 Å². The summed E-state index contributed by atoms with van der Waals surface area (Å²) < 4.78 is 1.55. The van der Waals surface area contributed by atoms with E-state index < -0.39 is 0 Å². The Bertz CT molecular complexity index is 417. The molecule has 0 amide bonds. The molecule has 0 aromatic carbocycles. The summed E-state index contributed by atoms with van der Waals surface area (Å²) in [6, 6.07) is 0. The molecule has 12 heavy (non-hydrogen) atoms. The maximum absolute atomic E-state index is 11.2. The molecule has 2 rings (SSSR count). The highest BCUT2D eigenvalue weighted by Crippen LogP contribution is 1.92. The van der Waals surface area contributed by atoms with Gasteiger partial charge in [0.1, 0.15) is 6.33 Å². The third-order valence-corrected chi connectivity index (χ3v) is 1.44. The van der Waals surface area contributed by atoms with Crippen molar-refractivity contribution in [1.29, 1.82) is 0 Å². The Kier molecular flexibility index (Phi) is 1.48. The number of aromatic nitrogens is 4. The smallest absolute Gasteiger partial charge is 0.291 e. The van der Waals surface area contributed by atoms with E-state index in [4.69, 9.17) is 0 Å². The van der Waals surface area contributed by atoms with Crippen LogP contribution in [-0.2, 0) is 0 Å². The van der Waals surface area contributed by atoms with E-state index in [1.807, 2.05) is 0 Å². The van der Waals surface area contributed by atoms with Crippen molar-refractivity contribution in [2.24, 2.45) is 0 Å². The van der Waals surface area contributed by atoms with Crippen molar-refractivity contribution in [2.45, 2.75) is 0 Å². The molecule has 5 heteroatoms. The third kappa shape index (κ3) is 1.01. The van der Waals surface area contributed by atoms with Crippen molar-refractivity contribution >= 4 is 0 Å². The van der Waals surface area contributed by atoms with Crippen LogP contribution in [0.25, 0.3) is 5.82 Å². The van der Waals surface area contributed by atoms with Crippen molar-refractivity contribution < 1.29 is 0 Å². The van der Waals surface area contributed by atoms with Crippen LogP contribution >= 0.6 is 0 Å². The topological polar surface area (TPSA) is 63.6 Å². The zero-order valence-corrected chi connectivity index (χ0v) is 6.14. The Hall–Kier alpha value is -1.91. The Labute approximate surface area is 67.7 Å². The molecule has 0 saturated heterocycles. The predicted molar refractivity (Wildman–Crippen MR) is 42.0 cm³/mol. The van der Waals surface area contributed by atoms with Crippen LogP contribution in [0, 0.1) is 0 Å². The lowest BCUT2D eigenvalue weighted by molar-refractivity contribution is 0.945. The van der Waals surface area contributed by atoms with Gasteiger partial charge >= 0.3 is 0 Å². The number of hydrogen-bond acceptors (Lipinski definition) is 3. The van der Waals surface area contributed by atoms with E-state index in [1.165, 1.54) is 18.7 Å². The Morgan fingerprint density at radius 1 is 1.42 bits per heavy atom. The minimum Gasteiger partial charge on any atom is -0.324 e. The van der Waals surface area contributed by atoms with E-state index in [2.05, 4.69) is 15.0 Å². The van der Waals surface area contributed by atoms with Gasteiger partial charge in [-0.3, -0.25) is 9.36 Å². The van der Waals surface area contributed by atoms with Gasteiger partial charge in [-0.25, -0.2) is 9.97 Å². The molecule has 2 heterocycles. The monoisotopic (exact) mass is 162 g/mol. The highest BCUT2D eigenvalue weighted by Gasteiger charge is 1.99. The summed E-state index contributed by atoms with van der Waals surface area (Å²) in [6.07, 6.45) is 7.79. The molecule has 60 valence electrons. The Morgan fingerprint density at radius 2 is 2.33 bits per heavy atom. The molecular weight excluding hydrogens is 156 g/mol. The summed E-state index contributed by atoms with van der Waals surface area (Å²) in [5, 5.41) is 0. The van der Waals surface area contributed by atoms with Crippen molar-refractivity contribution in [3.8, 4) is 5.82 Å². The van der Waals surface area contributed by atoms with Gasteiger partial charge in [-0.05, 0) is 0 Å². The third-order valence-electron chi connectivity index (χ3n) is 1.44. The minimum absolute atomic E-state index is 0.226. The van der Waals surface area contributed by atoms with Crippen molar-refractivity contribution in [3.63, 3.8) is 0 Å². The largest absolute Gasteiger partial charge is 0.324 e. The van der Waals surface area contributed by atoms with Gasteiger partial charge < -0.3 is 4.98 Å². The maximum atomic E-state index is 11.2. The maximum Gasteiger partial charge on any atom is 0.291 e. The van der Waals surface area contributed by atoms with Crippen LogP contribution in [0.2, 0.25) is 0 Å². The molecule has 0 bridgehead atoms. The molecule has 5 nitrogen and oxygen atoms in total. The van der Waals surface area contributed by atoms with Gasteiger partial charge in [0, 0.05) is 24.8 Å². The molecular formula is C7H6N4O. The average molecular weight is 162 g/mol.